The SMILES string of the molecule is COCC(C)(C)NS(=O)(=O)c1cccnc1C(N)=S. The maximum Gasteiger partial charge on any atom is 0.243 e. The molecule has 1 aromatic heterocycles. The van der Waals surface area contributed by atoms with Gasteiger partial charge in [0.05, 0.1) is 12.1 Å². The summed E-state index contributed by atoms with van der Waals surface area (Å²) in [6, 6.07) is 2.92. The van der Waals surface area contributed by atoms with Crippen molar-refractivity contribution in [2.24, 2.45) is 5.73 Å². The zero-order valence-corrected chi connectivity index (χ0v) is 12.6. The Bertz CT molecular complexity index is 570. The first-order chi connectivity index (χ1) is 8.69. The summed E-state index contributed by atoms with van der Waals surface area (Å²) in [5, 5.41) is 0. The molecule has 106 valence electrons. The normalized spacial score (nSPS) is 12.4. The molecule has 1 heterocycles. The zero-order valence-electron chi connectivity index (χ0n) is 11.0. The van der Waals surface area contributed by atoms with E-state index in [0.717, 1.165) is 0 Å². The Morgan fingerprint density at radius 2 is 2.21 bits per heavy atom. The van der Waals surface area contributed by atoms with Gasteiger partial charge in [-0.15, -0.1) is 0 Å². The van der Waals surface area contributed by atoms with E-state index < -0.39 is 15.6 Å². The summed E-state index contributed by atoms with van der Waals surface area (Å²) in [7, 11) is -2.28. The monoisotopic (exact) mass is 303 g/mol. The molecule has 0 amide bonds. The molecule has 0 atom stereocenters. The van der Waals surface area contributed by atoms with Gasteiger partial charge in [0.15, 0.2) is 0 Å². The Morgan fingerprint density at radius 3 is 2.74 bits per heavy atom. The average Bonchev–Trinajstić information content (AvgIpc) is 2.27. The van der Waals surface area contributed by atoms with Crippen LogP contribution in [0.25, 0.3) is 0 Å². The summed E-state index contributed by atoms with van der Waals surface area (Å²) in [6.07, 6.45) is 1.44. The Balaban J connectivity index is 3.18. The molecule has 0 saturated heterocycles. The van der Waals surface area contributed by atoms with E-state index in [2.05, 4.69) is 9.71 Å². The zero-order chi connectivity index (χ0) is 14.7. The highest BCUT2D eigenvalue weighted by molar-refractivity contribution is 7.89. The lowest BCUT2D eigenvalue weighted by Crippen LogP contribution is -2.47. The van der Waals surface area contributed by atoms with Crippen molar-refractivity contribution in [2.75, 3.05) is 13.7 Å². The van der Waals surface area contributed by atoms with Gasteiger partial charge in [-0.05, 0) is 26.0 Å². The van der Waals surface area contributed by atoms with Crippen molar-refractivity contribution in [3.05, 3.63) is 24.0 Å². The number of thiocarbonyl (C=S) groups is 1. The van der Waals surface area contributed by atoms with Crippen LogP contribution in [0.2, 0.25) is 0 Å². The predicted octanol–water partition coefficient (Wildman–Crippen LogP) is 0.419. The molecule has 3 N–H and O–H groups in total. The van der Waals surface area contributed by atoms with Gasteiger partial charge >= 0.3 is 0 Å². The molecule has 1 rings (SSSR count). The summed E-state index contributed by atoms with van der Waals surface area (Å²) in [5.74, 6) is 0. The van der Waals surface area contributed by atoms with Crippen molar-refractivity contribution in [3.63, 3.8) is 0 Å². The minimum Gasteiger partial charge on any atom is -0.388 e. The fourth-order valence-electron chi connectivity index (χ4n) is 1.60. The van der Waals surface area contributed by atoms with Crippen LogP contribution < -0.4 is 10.5 Å². The molecule has 0 aliphatic heterocycles. The molecule has 0 saturated carbocycles. The first-order valence-corrected chi connectivity index (χ1v) is 7.36. The molecule has 6 nitrogen and oxygen atoms in total. The summed E-state index contributed by atoms with van der Waals surface area (Å²) >= 11 is 4.81. The number of hydrogen-bond donors (Lipinski definition) is 2. The number of aromatic nitrogens is 1. The topological polar surface area (TPSA) is 94.3 Å². The van der Waals surface area contributed by atoms with E-state index >= 15 is 0 Å². The van der Waals surface area contributed by atoms with Crippen molar-refractivity contribution in [2.45, 2.75) is 24.3 Å². The van der Waals surface area contributed by atoms with Crippen molar-refractivity contribution in [1.82, 2.24) is 9.71 Å². The summed E-state index contributed by atoms with van der Waals surface area (Å²) < 4.78 is 32.2. The highest BCUT2D eigenvalue weighted by atomic mass is 32.2. The molecule has 0 aromatic carbocycles. The average molecular weight is 303 g/mol. The molecular weight excluding hydrogens is 286 g/mol. The van der Waals surface area contributed by atoms with E-state index in [4.69, 9.17) is 22.7 Å². The van der Waals surface area contributed by atoms with Gasteiger partial charge in [-0.25, -0.2) is 13.1 Å². The molecule has 8 heteroatoms. The van der Waals surface area contributed by atoms with E-state index in [0.29, 0.717) is 0 Å². The minimum absolute atomic E-state index is 0.0355. The number of nitrogens with two attached hydrogens (primary N) is 1. The van der Waals surface area contributed by atoms with Crippen LogP contribution in [0.3, 0.4) is 0 Å². The number of methoxy groups -OCH3 is 1. The largest absolute Gasteiger partial charge is 0.388 e. The minimum atomic E-state index is -3.78. The molecule has 0 fully saturated rings. The molecule has 0 bridgehead atoms. The second-order valence-corrected chi connectivity index (χ2v) is 6.73. The number of hydrogen-bond acceptors (Lipinski definition) is 5. The smallest absolute Gasteiger partial charge is 0.243 e. The number of rotatable bonds is 6. The number of pyridine rings is 1. The number of sulfonamides is 1. The van der Waals surface area contributed by atoms with Crippen LogP contribution in [0.15, 0.2) is 23.2 Å². The van der Waals surface area contributed by atoms with E-state index in [1.165, 1.54) is 25.4 Å². The standard InChI is InChI=1S/C11H17N3O3S2/c1-11(2,7-17-3)14-19(15,16)8-5-4-6-13-9(8)10(12)18/h4-6,14H,7H2,1-3H3,(H2,12,18). The summed E-state index contributed by atoms with van der Waals surface area (Å²) in [4.78, 5) is 3.80. The van der Waals surface area contributed by atoms with Gasteiger partial charge in [0.1, 0.15) is 15.6 Å². The first kappa shape index (κ1) is 16.0. The van der Waals surface area contributed by atoms with Crippen molar-refractivity contribution in [3.8, 4) is 0 Å². The molecule has 19 heavy (non-hydrogen) atoms. The second kappa shape index (κ2) is 5.91. The number of nitrogens with zero attached hydrogens (tertiary/aromatic N) is 1. The highest BCUT2D eigenvalue weighted by Crippen LogP contribution is 2.16. The molecule has 0 aliphatic rings. The van der Waals surface area contributed by atoms with Crippen LogP contribution in [0.4, 0.5) is 0 Å². The predicted molar refractivity (Wildman–Crippen MR) is 76.4 cm³/mol. The van der Waals surface area contributed by atoms with Gasteiger partial charge in [-0.2, -0.15) is 0 Å². The molecular formula is C11H17N3O3S2. The Labute approximate surface area is 118 Å². The van der Waals surface area contributed by atoms with E-state index in [9.17, 15) is 8.42 Å². The highest BCUT2D eigenvalue weighted by Gasteiger charge is 2.28. The summed E-state index contributed by atoms with van der Waals surface area (Å²) in [6.45, 7) is 3.66. The number of ether oxygens (including phenoxy) is 1. The van der Waals surface area contributed by atoms with Crippen LogP contribution in [-0.4, -0.2) is 37.6 Å². The maximum atomic E-state index is 12.3. The first-order valence-electron chi connectivity index (χ1n) is 5.47. The molecule has 1 aromatic rings. The Hall–Kier alpha value is -1.09. The van der Waals surface area contributed by atoms with E-state index in [-0.39, 0.29) is 22.2 Å². The van der Waals surface area contributed by atoms with Gasteiger partial charge in [0, 0.05) is 13.3 Å². The van der Waals surface area contributed by atoms with Crippen LogP contribution in [0.5, 0.6) is 0 Å². The molecule has 0 aliphatic carbocycles. The van der Waals surface area contributed by atoms with E-state index in [1.54, 1.807) is 13.8 Å². The Morgan fingerprint density at radius 1 is 1.58 bits per heavy atom. The lowest BCUT2D eigenvalue weighted by Gasteiger charge is -2.25. The fourth-order valence-corrected chi connectivity index (χ4v) is 3.40. The third-order valence-electron chi connectivity index (χ3n) is 2.21. The van der Waals surface area contributed by atoms with Gasteiger partial charge in [0.25, 0.3) is 0 Å². The van der Waals surface area contributed by atoms with Gasteiger partial charge in [-0.3, -0.25) is 4.98 Å². The van der Waals surface area contributed by atoms with Crippen molar-refractivity contribution in [1.29, 1.82) is 0 Å². The van der Waals surface area contributed by atoms with Crippen LogP contribution in [0, 0.1) is 0 Å². The van der Waals surface area contributed by atoms with Gasteiger partial charge in [-0.1, -0.05) is 12.2 Å². The molecule has 0 unspecified atom stereocenters. The lowest BCUT2D eigenvalue weighted by atomic mass is 10.1. The Kier molecular flexibility index (Phi) is 4.97. The third-order valence-corrected chi connectivity index (χ3v) is 4.13. The number of nitrogens with one attached hydrogen (secondary N) is 1. The van der Waals surface area contributed by atoms with Crippen molar-refractivity contribution >= 4 is 27.2 Å². The van der Waals surface area contributed by atoms with E-state index in [1.807, 2.05) is 0 Å². The van der Waals surface area contributed by atoms with Gasteiger partial charge < -0.3 is 10.5 Å². The van der Waals surface area contributed by atoms with Gasteiger partial charge in [0.2, 0.25) is 10.0 Å². The summed E-state index contributed by atoms with van der Waals surface area (Å²) in [5.41, 5.74) is 4.81. The fraction of sp³-hybridized carbons (Fsp3) is 0.455. The molecule has 0 spiro atoms. The van der Waals surface area contributed by atoms with Crippen molar-refractivity contribution < 1.29 is 13.2 Å². The molecule has 0 radical (unpaired) electrons. The second-order valence-electron chi connectivity index (χ2n) is 4.64. The van der Waals surface area contributed by atoms with Crippen LogP contribution in [0.1, 0.15) is 19.5 Å². The van der Waals surface area contributed by atoms with Crippen LogP contribution in [-0.2, 0) is 14.8 Å². The lowest BCUT2D eigenvalue weighted by molar-refractivity contribution is 0.141. The maximum absolute atomic E-state index is 12.3. The third kappa shape index (κ3) is 4.20. The quantitative estimate of drug-likeness (QED) is 0.740. The van der Waals surface area contributed by atoms with Crippen LogP contribution >= 0.6 is 12.2 Å².